The maximum absolute atomic E-state index is 12.6. The van der Waals surface area contributed by atoms with Crippen LogP contribution in [0.2, 0.25) is 0 Å². The number of carbonyl (C=O) groups is 3. The molecule has 3 amide bonds. The Balaban J connectivity index is 1.42. The maximum Gasteiger partial charge on any atom is 0.313 e. The fraction of sp³-hybridized carbons (Fsp3) is 0.400. The minimum atomic E-state index is -0.720. The van der Waals surface area contributed by atoms with E-state index in [2.05, 4.69) is 22.8 Å². The van der Waals surface area contributed by atoms with Gasteiger partial charge in [-0.15, -0.1) is 0 Å². The summed E-state index contributed by atoms with van der Waals surface area (Å²) in [5.41, 5.74) is 3.11. The summed E-state index contributed by atoms with van der Waals surface area (Å²) in [6.07, 6.45) is 2.92. The topological polar surface area (TPSA) is 87.7 Å². The molecule has 0 atom stereocenters. The number of benzene rings is 2. The van der Waals surface area contributed by atoms with Gasteiger partial charge in [0.25, 0.3) is 0 Å². The van der Waals surface area contributed by atoms with Gasteiger partial charge in [-0.1, -0.05) is 36.4 Å². The van der Waals surface area contributed by atoms with E-state index >= 15 is 0 Å². The molecule has 2 heterocycles. The van der Waals surface area contributed by atoms with Gasteiger partial charge in [-0.3, -0.25) is 14.4 Å². The molecular formula is C25H29N3O4. The van der Waals surface area contributed by atoms with E-state index < -0.39 is 11.8 Å². The van der Waals surface area contributed by atoms with Crippen LogP contribution in [0, 0.1) is 6.92 Å². The average molecular weight is 436 g/mol. The van der Waals surface area contributed by atoms with Gasteiger partial charge in [-0.2, -0.15) is 0 Å². The molecule has 7 nitrogen and oxygen atoms in total. The molecule has 0 aromatic heterocycles. The minimum absolute atomic E-state index is 0.0805. The van der Waals surface area contributed by atoms with E-state index in [9.17, 15) is 14.4 Å². The molecule has 2 fully saturated rings. The van der Waals surface area contributed by atoms with Crippen LogP contribution < -0.4 is 15.5 Å². The van der Waals surface area contributed by atoms with Crippen molar-refractivity contribution in [2.24, 2.45) is 0 Å². The lowest BCUT2D eigenvalue weighted by Crippen LogP contribution is -2.47. The molecule has 32 heavy (non-hydrogen) atoms. The largest absolute Gasteiger partial charge is 0.381 e. The van der Waals surface area contributed by atoms with Gasteiger partial charge in [0.2, 0.25) is 5.91 Å². The predicted molar refractivity (Wildman–Crippen MR) is 123 cm³/mol. The van der Waals surface area contributed by atoms with Gasteiger partial charge in [0.15, 0.2) is 0 Å². The number of nitrogens with one attached hydrogen (secondary N) is 2. The summed E-state index contributed by atoms with van der Waals surface area (Å²) in [7, 11) is 0. The number of hydrogen-bond acceptors (Lipinski definition) is 4. The lowest BCUT2D eigenvalue weighted by atomic mass is 9.74. The van der Waals surface area contributed by atoms with Crippen LogP contribution in [0.15, 0.2) is 48.5 Å². The number of amides is 3. The maximum atomic E-state index is 12.6. The number of anilines is 2. The third-order valence-corrected chi connectivity index (χ3v) is 6.46. The molecule has 0 aliphatic carbocycles. The highest BCUT2D eigenvalue weighted by molar-refractivity contribution is 6.39. The van der Waals surface area contributed by atoms with Crippen molar-refractivity contribution in [1.82, 2.24) is 5.32 Å². The highest BCUT2D eigenvalue weighted by Crippen LogP contribution is 2.34. The summed E-state index contributed by atoms with van der Waals surface area (Å²) in [6, 6.07) is 15.4. The molecule has 2 saturated heterocycles. The summed E-state index contributed by atoms with van der Waals surface area (Å²) in [6.45, 7) is 4.21. The molecule has 0 bridgehead atoms. The highest BCUT2D eigenvalue weighted by Gasteiger charge is 2.35. The van der Waals surface area contributed by atoms with Crippen molar-refractivity contribution in [3.05, 3.63) is 59.7 Å². The quantitative estimate of drug-likeness (QED) is 0.707. The Morgan fingerprint density at radius 3 is 2.50 bits per heavy atom. The summed E-state index contributed by atoms with van der Waals surface area (Å²) >= 11 is 0. The second kappa shape index (κ2) is 9.53. The smallest absolute Gasteiger partial charge is 0.313 e. The van der Waals surface area contributed by atoms with Crippen LogP contribution in [-0.2, 0) is 24.5 Å². The van der Waals surface area contributed by atoms with Crippen molar-refractivity contribution in [3.8, 4) is 0 Å². The molecule has 2 N–H and O–H groups in total. The van der Waals surface area contributed by atoms with E-state index in [0.717, 1.165) is 36.1 Å². The molecule has 2 aliphatic heterocycles. The lowest BCUT2D eigenvalue weighted by molar-refractivity contribution is -0.136. The van der Waals surface area contributed by atoms with Crippen molar-refractivity contribution >= 4 is 29.1 Å². The Morgan fingerprint density at radius 1 is 1.06 bits per heavy atom. The first kappa shape index (κ1) is 22.0. The van der Waals surface area contributed by atoms with Gasteiger partial charge < -0.3 is 20.3 Å². The Kier molecular flexibility index (Phi) is 6.55. The van der Waals surface area contributed by atoms with E-state index in [1.54, 1.807) is 17.0 Å². The fourth-order valence-corrected chi connectivity index (χ4v) is 4.52. The molecule has 0 spiro atoms. The second-order valence-electron chi connectivity index (χ2n) is 8.55. The van der Waals surface area contributed by atoms with Crippen molar-refractivity contribution in [2.75, 3.05) is 36.5 Å². The van der Waals surface area contributed by atoms with Gasteiger partial charge in [0, 0.05) is 49.5 Å². The molecule has 7 heteroatoms. The van der Waals surface area contributed by atoms with Crippen LogP contribution in [-0.4, -0.2) is 44.0 Å². The van der Waals surface area contributed by atoms with Crippen LogP contribution >= 0.6 is 0 Å². The zero-order chi connectivity index (χ0) is 22.6. The zero-order valence-corrected chi connectivity index (χ0v) is 18.4. The van der Waals surface area contributed by atoms with Gasteiger partial charge >= 0.3 is 11.8 Å². The summed E-state index contributed by atoms with van der Waals surface area (Å²) in [5.74, 6) is -1.31. The number of nitrogens with zero attached hydrogens (tertiary/aromatic N) is 1. The molecule has 0 radical (unpaired) electrons. The van der Waals surface area contributed by atoms with Gasteiger partial charge in [0.1, 0.15) is 0 Å². The Morgan fingerprint density at radius 2 is 1.81 bits per heavy atom. The van der Waals surface area contributed by atoms with E-state index in [1.807, 2.05) is 31.2 Å². The van der Waals surface area contributed by atoms with Crippen LogP contribution in [0.25, 0.3) is 0 Å². The molecule has 0 unspecified atom stereocenters. The van der Waals surface area contributed by atoms with Crippen LogP contribution in [0.5, 0.6) is 0 Å². The Hall–Kier alpha value is -3.19. The first-order valence-corrected chi connectivity index (χ1v) is 11.1. The third kappa shape index (κ3) is 4.67. The predicted octanol–water partition coefficient (Wildman–Crippen LogP) is 2.92. The molecular weight excluding hydrogens is 406 g/mol. The fourth-order valence-electron chi connectivity index (χ4n) is 4.52. The molecule has 2 aromatic rings. The summed E-state index contributed by atoms with van der Waals surface area (Å²) in [5, 5.41) is 5.50. The highest BCUT2D eigenvalue weighted by atomic mass is 16.5. The third-order valence-electron chi connectivity index (χ3n) is 6.46. The molecule has 168 valence electrons. The lowest BCUT2D eigenvalue weighted by Gasteiger charge is -2.37. The minimum Gasteiger partial charge on any atom is -0.381 e. The average Bonchev–Trinajstić information content (AvgIpc) is 3.25. The summed E-state index contributed by atoms with van der Waals surface area (Å²) < 4.78 is 5.53. The van der Waals surface area contributed by atoms with Crippen LogP contribution in [0.1, 0.15) is 36.8 Å². The monoisotopic (exact) mass is 435 g/mol. The summed E-state index contributed by atoms with van der Waals surface area (Å²) in [4.78, 5) is 39.0. The standard InChI is InChI=1S/C25H29N3O4/c1-18-9-10-20(16-21(18)28-13-5-8-22(28)29)27-24(31)23(30)26-17-25(11-14-32-15-12-25)19-6-3-2-4-7-19/h2-4,6-7,9-10,16H,5,8,11-15,17H2,1H3,(H,26,30)(H,27,31). The van der Waals surface area contributed by atoms with Crippen molar-refractivity contribution in [3.63, 3.8) is 0 Å². The van der Waals surface area contributed by atoms with Crippen LogP contribution in [0.4, 0.5) is 11.4 Å². The normalized spacial score (nSPS) is 17.8. The first-order valence-electron chi connectivity index (χ1n) is 11.1. The molecule has 2 aromatic carbocycles. The Labute approximate surface area is 188 Å². The molecule has 4 rings (SSSR count). The van der Waals surface area contributed by atoms with Crippen molar-refractivity contribution < 1.29 is 19.1 Å². The van der Waals surface area contributed by atoms with E-state index in [1.165, 1.54) is 0 Å². The second-order valence-corrected chi connectivity index (χ2v) is 8.55. The van der Waals surface area contributed by atoms with Crippen LogP contribution in [0.3, 0.4) is 0 Å². The van der Waals surface area contributed by atoms with E-state index in [4.69, 9.17) is 4.74 Å². The number of aryl methyl sites for hydroxylation is 1. The Bertz CT molecular complexity index is 1000. The zero-order valence-electron chi connectivity index (χ0n) is 18.4. The van der Waals surface area contributed by atoms with Gasteiger partial charge in [-0.25, -0.2) is 0 Å². The van der Waals surface area contributed by atoms with Gasteiger partial charge in [-0.05, 0) is 49.4 Å². The van der Waals surface area contributed by atoms with E-state index in [0.29, 0.717) is 38.4 Å². The van der Waals surface area contributed by atoms with Crippen molar-refractivity contribution in [1.29, 1.82) is 0 Å². The van der Waals surface area contributed by atoms with Gasteiger partial charge in [0.05, 0.1) is 0 Å². The van der Waals surface area contributed by atoms with E-state index in [-0.39, 0.29) is 11.3 Å². The SMILES string of the molecule is Cc1ccc(NC(=O)C(=O)NCC2(c3ccccc3)CCOCC2)cc1N1CCCC1=O. The number of hydrogen-bond donors (Lipinski definition) is 2. The molecule has 0 saturated carbocycles. The molecule has 2 aliphatic rings. The first-order chi connectivity index (χ1) is 15.5. The number of rotatable bonds is 5. The van der Waals surface area contributed by atoms with Crippen molar-refractivity contribution in [2.45, 2.75) is 38.0 Å². The number of carbonyl (C=O) groups excluding carboxylic acids is 3. The number of ether oxygens (including phenoxy) is 1.